The number of anilines is 1. The van der Waals surface area contributed by atoms with Gasteiger partial charge in [0, 0.05) is 15.4 Å². The van der Waals surface area contributed by atoms with Crippen LogP contribution in [0.3, 0.4) is 0 Å². The van der Waals surface area contributed by atoms with Crippen LogP contribution in [0.1, 0.15) is 11.1 Å². The topological polar surface area (TPSA) is 46.5 Å². The quantitative estimate of drug-likeness (QED) is 0.235. The lowest BCUT2D eigenvalue weighted by atomic mass is 10.2. The predicted octanol–water partition coefficient (Wildman–Crippen LogP) is 6.74. The molecule has 1 N–H and O–H groups in total. The molecule has 0 saturated heterocycles. The molecule has 4 aromatic rings. The Balaban J connectivity index is 1.34. The molecule has 0 aliphatic carbocycles. The average Bonchev–Trinajstić information content (AvgIpc) is 3.23. The number of hydrazone groups is 1. The zero-order valence-electron chi connectivity index (χ0n) is 15.8. The monoisotopic (exact) mass is 481 g/mol. The lowest BCUT2D eigenvalue weighted by Crippen LogP contribution is -1.96. The number of hydrogen-bond donors (Lipinski definition) is 1. The molecule has 0 radical (unpaired) electrons. The molecule has 0 unspecified atom stereocenters. The van der Waals surface area contributed by atoms with Gasteiger partial charge in [-0.1, -0.05) is 52.3 Å². The van der Waals surface area contributed by atoms with Crippen LogP contribution in [0.4, 0.5) is 9.52 Å². The van der Waals surface area contributed by atoms with Gasteiger partial charge in [0.15, 0.2) is 0 Å². The second-order valence-corrected chi connectivity index (χ2v) is 8.18. The van der Waals surface area contributed by atoms with E-state index in [4.69, 9.17) is 4.74 Å². The van der Waals surface area contributed by atoms with Gasteiger partial charge < -0.3 is 4.74 Å². The molecular weight excluding hydrogens is 465 g/mol. The first-order chi connectivity index (χ1) is 14.7. The van der Waals surface area contributed by atoms with Crippen LogP contribution in [0.25, 0.3) is 11.3 Å². The van der Waals surface area contributed by atoms with Gasteiger partial charge in [-0.3, -0.25) is 5.43 Å². The van der Waals surface area contributed by atoms with Gasteiger partial charge in [0.1, 0.15) is 18.2 Å². The molecule has 1 aromatic heterocycles. The van der Waals surface area contributed by atoms with Gasteiger partial charge in [-0.25, -0.2) is 9.37 Å². The summed E-state index contributed by atoms with van der Waals surface area (Å²) in [5.74, 6) is 0.462. The maximum atomic E-state index is 13.0. The van der Waals surface area contributed by atoms with E-state index in [1.807, 2.05) is 53.9 Å². The highest BCUT2D eigenvalue weighted by atomic mass is 79.9. The van der Waals surface area contributed by atoms with E-state index in [-0.39, 0.29) is 5.82 Å². The highest BCUT2D eigenvalue weighted by molar-refractivity contribution is 9.10. The molecule has 30 heavy (non-hydrogen) atoms. The molecule has 4 rings (SSSR count). The third kappa shape index (κ3) is 5.52. The smallest absolute Gasteiger partial charge is 0.203 e. The molecule has 1 heterocycles. The summed E-state index contributed by atoms with van der Waals surface area (Å²) >= 11 is 4.93. The van der Waals surface area contributed by atoms with Crippen LogP contribution < -0.4 is 10.2 Å². The minimum atomic E-state index is -0.256. The first kappa shape index (κ1) is 20.3. The Morgan fingerprint density at radius 1 is 1.07 bits per heavy atom. The summed E-state index contributed by atoms with van der Waals surface area (Å²) in [6.45, 7) is 0.372. The number of benzene rings is 3. The third-order valence-electron chi connectivity index (χ3n) is 4.19. The average molecular weight is 482 g/mol. The van der Waals surface area contributed by atoms with E-state index in [1.54, 1.807) is 18.3 Å². The summed E-state index contributed by atoms with van der Waals surface area (Å²) in [6.07, 6.45) is 1.71. The van der Waals surface area contributed by atoms with E-state index in [0.717, 1.165) is 32.6 Å². The highest BCUT2D eigenvalue weighted by Crippen LogP contribution is 2.26. The van der Waals surface area contributed by atoms with Gasteiger partial charge in [0.2, 0.25) is 5.13 Å². The summed E-state index contributed by atoms with van der Waals surface area (Å²) in [5.41, 5.74) is 6.72. The van der Waals surface area contributed by atoms with Crippen LogP contribution in [0, 0.1) is 5.82 Å². The van der Waals surface area contributed by atoms with Crippen LogP contribution in [0.2, 0.25) is 0 Å². The first-order valence-electron chi connectivity index (χ1n) is 9.13. The van der Waals surface area contributed by atoms with Crippen molar-refractivity contribution in [3.05, 3.63) is 99.6 Å². The lowest BCUT2D eigenvalue weighted by molar-refractivity contribution is 0.306. The fourth-order valence-electron chi connectivity index (χ4n) is 2.67. The zero-order chi connectivity index (χ0) is 20.8. The van der Waals surface area contributed by atoms with E-state index in [9.17, 15) is 4.39 Å². The minimum Gasteiger partial charge on any atom is -0.489 e. The van der Waals surface area contributed by atoms with Crippen LogP contribution in [0.15, 0.2) is 87.8 Å². The number of nitrogens with one attached hydrogen (secondary N) is 1. The number of ether oxygens (including phenoxy) is 1. The van der Waals surface area contributed by atoms with E-state index >= 15 is 0 Å². The van der Waals surface area contributed by atoms with Gasteiger partial charge in [-0.15, -0.1) is 11.3 Å². The SMILES string of the molecule is Fc1ccc(COc2cccc(/C=N\Nc3nc(-c4ccc(Br)cc4)cs3)c2)cc1. The molecule has 0 saturated carbocycles. The molecule has 0 spiro atoms. The van der Waals surface area contributed by atoms with Crippen molar-refractivity contribution < 1.29 is 9.13 Å². The Labute approximate surface area is 186 Å². The maximum absolute atomic E-state index is 13.0. The van der Waals surface area contributed by atoms with Crippen molar-refractivity contribution in [2.24, 2.45) is 5.10 Å². The highest BCUT2D eigenvalue weighted by Gasteiger charge is 2.04. The Morgan fingerprint density at radius 2 is 1.87 bits per heavy atom. The summed E-state index contributed by atoms with van der Waals surface area (Å²) < 4.78 is 19.8. The Kier molecular flexibility index (Phi) is 6.51. The summed E-state index contributed by atoms with van der Waals surface area (Å²) in [7, 11) is 0. The summed E-state index contributed by atoms with van der Waals surface area (Å²) in [4.78, 5) is 4.56. The van der Waals surface area contributed by atoms with Crippen LogP contribution >= 0.6 is 27.3 Å². The molecule has 0 atom stereocenters. The van der Waals surface area contributed by atoms with Crippen molar-refractivity contribution in [3.8, 4) is 17.0 Å². The van der Waals surface area contributed by atoms with Gasteiger partial charge in [-0.05, 0) is 47.5 Å². The molecular formula is C23H17BrFN3OS. The van der Waals surface area contributed by atoms with Crippen molar-refractivity contribution in [3.63, 3.8) is 0 Å². The zero-order valence-corrected chi connectivity index (χ0v) is 18.2. The molecule has 3 aromatic carbocycles. The number of rotatable bonds is 7. The van der Waals surface area contributed by atoms with Crippen molar-refractivity contribution in [1.29, 1.82) is 0 Å². The summed E-state index contributed by atoms with van der Waals surface area (Å²) in [6, 6.07) is 21.9. The molecule has 0 aliphatic heterocycles. The van der Waals surface area contributed by atoms with Gasteiger partial charge >= 0.3 is 0 Å². The second kappa shape index (κ2) is 9.65. The Bertz CT molecular complexity index is 1140. The molecule has 7 heteroatoms. The normalized spacial score (nSPS) is 11.0. The molecule has 0 amide bonds. The second-order valence-electron chi connectivity index (χ2n) is 6.40. The van der Waals surface area contributed by atoms with E-state index in [2.05, 4.69) is 31.4 Å². The number of halogens is 2. The first-order valence-corrected chi connectivity index (χ1v) is 10.8. The number of aromatic nitrogens is 1. The van der Waals surface area contributed by atoms with E-state index in [1.165, 1.54) is 23.5 Å². The molecule has 0 fully saturated rings. The molecule has 0 bridgehead atoms. The molecule has 150 valence electrons. The van der Waals surface area contributed by atoms with Crippen LogP contribution in [-0.4, -0.2) is 11.2 Å². The fraction of sp³-hybridized carbons (Fsp3) is 0.0435. The van der Waals surface area contributed by atoms with Gasteiger partial charge in [-0.2, -0.15) is 5.10 Å². The maximum Gasteiger partial charge on any atom is 0.203 e. The van der Waals surface area contributed by atoms with Crippen LogP contribution in [0.5, 0.6) is 5.75 Å². The van der Waals surface area contributed by atoms with Crippen molar-refractivity contribution in [1.82, 2.24) is 4.98 Å². The fourth-order valence-corrected chi connectivity index (χ4v) is 3.61. The van der Waals surface area contributed by atoms with Crippen molar-refractivity contribution >= 4 is 38.6 Å². The van der Waals surface area contributed by atoms with Crippen molar-refractivity contribution in [2.45, 2.75) is 6.61 Å². The largest absolute Gasteiger partial charge is 0.489 e. The van der Waals surface area contributed by atoms with E-state index < -0.39 is 0 Å². The molecule has 4 nitrogen and oxygen atoms in total. The molecule has 0 aliphatic rings. The van der Waals surface area contributed by atoms with Gasteiger partial charge in [0.25, 0.3) is 0 Å². The van der Waals surface area contributed by atoms with E-state index in [0.29, 0.717) is 11.7 Å². The third-order valence-corrected chi connectivity index (χ3v) is 5.47. The number of hydrogen-bond acceptors (Lipinski definition) is 5. The van der Waals surface area contributed by atoms with Gasteiger partial charge in [0.05, 0.1) is 11.9 Å². The number of thiazole rings is 1. The predicted molar refractivity (Wildman–Crippen MR) is 124 cm³/mol. The summed E-state index contributed by atoms with van der Waals surface area (Å²) in [5, 5.41) is 6.98. The van der Waals surface area contributed by atoms with Crippen LogP contribution in [-0.2, 0) is 6.61 Å². The lowest BCUT2D eigenvalue weighted by Gasteiger charge is -2.07. The minimum absolute atomic E-state index is 0.256. The van der Waals surface area contributed by atoms with Crippen molar-refractivity contribution in [2.75, 3.05) is 5.43 Å². The Hall–Kier alpha value is -3.03. The standard InChI is InChI=1S/C23H17BrFN3OS/c24-19-8-6-18(7-9-19)22-15-30-23(27-22)28-26-13-17-2-1-3-21(12-17)29-14-16-4-10-20(25)11-5-16/h1-13,15H,14H2,(H,27,28)/b26-13-. The Morgan fingerprint density at radius 3 is 2.67 bits per heavy atom. The number of nitrogens with zero attached hydrogens (tertiary/aromatic N) is 2.